The topological polar surface area (TPSA) is 101 Å². The van der Waals surface area contributed by atoms with Crippen molar-refractivity contribution in [3.8, 4) is 0 Å². The average Bonchev–Trinajstić information content (AvgIpc) is 3.43. The molecule has 0 saturated heterocycles. The quantitative estimate of drug-likeness (QED) is 0.586. The number of amides is 1. The first-order chi connectivity index (χ1) is 14.5. The highest BCUT2D eigenvalue weighted by molar-refractivity contribution is 7.14. The highest BCUT2D eigenvalue weighted by Crippen LogP contribution is 2.39. The van der Waals surface area contributed by atoms with E-state index in [0.29, 0.717) is 35.6 Å². The number of Topliss-reactive ketones (excluding diaryl/α,β-unsaturated/α-hetero) is 1. The van der Waals surface area contributed by atoms with Gasteiger partial charge in [0.2, 0.25) is 5.78 Å². The standard InChI is InChI=1S/C21H21N5O3S/c1-13-20(30-14(2)24-13)18(27)16-17(15-5-3-6-22-11-15)26(21(29)19(16)28)9-4-8-25-10-7-23-12-25/h3,5-7,10-12,17,28H,4,8-9H2,1-2H3/t17-/m1/s1. The van der Waals surface area contributed by atoms with E-state index in [-0.39, 0.29) is 11.4 Å². The van der Waals surface area contributed by atoms with Crippen LogP contribution in [0.5, 0.6) is 0 Å². The van der Waals surface area contributed by atoms with E-state index in [0.717, 1.165) is 5.01 Å². The first kappa shape index (κ1) is 20.0. The van der Waals surface area contributed by atoms with Crippen molar-refractivity contribution in [2.75, 3.05) is 6.54 Å². The van der Waals surface area contributed by atoms with Crippen molar-refractivity contribution < 1.29 is 14.7 Å². The van der Waals surface area contributed by atoms with E-state index in [1.165, 1.54) is 11.3 Å². The predicted molar refractivity (Wildman–Crippen MR) is 111 cm³/mol. The Kier molecular flexibility index (Phi) is 5.45. The molecule has 0 saturated carbocycles. The maximum absolute atomic E-state index is 13.4. The van der Waals surface area contributed by atoms with Crippen molar-refractivity contribution in [1.82, 2.24) is 24.4 Å². The van der Waals surface area contributed by atoms with Crippen molar-refractivity contribution in [2.24, 2.45) is 0 Å². The zero-order valence-electron chi connectivity index (χ0n) is 16.6. The summed E-state index contributed by atoms with van der Waals surface area (Å²) in [6, 6.07) is 2.87. The van der Waals surface area contributed by atoms with Gasteiger partial charge < -0.3 is 14.6 Å². The lowest BCUT2D eigenvalue weighted by atomic mass is 9.96. The van der Waals surface area contributed by atoms with Crippen molar-refractivity contribution in [2.45, 2.75) is 32.9 Å². The molecule has 30 heavy (non-hydrogen) atoms. The molecule has 0 bridgehead atoms. The Balaban J connectivity index is 1.67. The van der Waals surface area contributed by atoms with Crippen LogP contribution in [0, 0.1) is 13.8 Å². The number of imidazole rings is 1. The third-order valence-electron chi connectivity index (χ3n) is 5.03. The summed E-state index contributed by atoms with van der Waals surface area (Å²) in [7, 11) is 0. The summed E-state index contributed by atoms with van der Waals surface area (Å²) in [6.45, 7) is 4.62. The van der Waals surface area contributed by atoms with E-state index in [2.05, 4.69) is 15.0 Å². The number of hydrogen-bond acceptors (Lipinski definition) is 7. The molecule has 3 aromatic heterocycles. The van der Waals surface area contributed by atoms with Gasteiger partial charge in [-0.2, -0.15) is 0 Å². The molecule has 1 atom stereocenters. The van der Waals surface area contributed by atoms with Crippen LogP contribution in [0.2, 0.25) is 0 Å². The minimum absolute atomic E-state index is 0.0855. The average molecular weight is 423 g/mol. The lowest BCUT2D eigenvalue weighted by Gasteiger charge is -2.26. The van der Waals surface area contributed by atoms with Crippen LogP contribution in [0.25, 0.3) is 0 Å². The first-order valence-corrected chi connectivity index (χ1v) is 10.4. The van der Waals surface area contributed by atoms with Crippen LogP contribution in [0.1, 0.15) is 38.4 Å². The van der Waals surface area contributed by atoms with Gasteiger partial charge in [0.25, 0.3) is 5.91 Å². The molecule has 1 aliphatic rings. The fourth-order valence-corrected chi connectivity index (χ4v) is 4.58. The van der Waals surface area contributed by atoms with Gasteiger partial charge >= 0.3 is 0 Å². The highest BCUT2D eigenvalue weighted by Gasteiger charge is 2.44. The lowest BCUT2D eigenvalue weighted by molar-refractivity contribution is -0.129. The summed E-state index contributed by atoms with van der Waals surface area (Å²) in [5.41, 5.74) is 1.36. The predicted octanol–water partition coefficient (Wildman–Crippen LogP) is 3.02. The summed E-state index contributed by atoms with van der Waals surface area (Å²) >= 11 is 1.27. The van der Waals surface area contributed by atoms with E-state index in [1.54, 1.807) is 42.8 Å². The van der Waals surface area contributed by atoms with E-state index in [9.17, 15) is 14.7 Å². The maximum atomic E-state index is 13.4. The Labute approximate surface area is 177 Å². The zero-order valence-corrected chi connectivity index (χ0v) is 17.5. The molecule has 8 nitrogen and oxygen atoms in total. The van der Waals surface area contributed by atoms with Crippen LogP contribution in [0.3, 0.4) is 0 Å². The molecule has 4 heterocycles. The number of carbonyl (C=O) groups is 2. The summed E-state index contributed by atoms with van der Waals surface area (Å²) in [5.74, 6) is -1.41. The number of pyridine rings is 1. The molecule has 3 aromatic rings. The number of rotatable bonds is 7. The van der Waals surface area contributed by atoms with E-state index in [4.69, 9.17) is 0 Å². The largest absolute Gasteiger partial charge is 0.503 e. The zero-order chi connectivity index (χ0) is 21.3. The molecule has 0 aliphatic carbocycles. The summed E-state index contributed by atoms with van der Waals surface area (Å²) < 4.78 is 1.92. The summed E-state index contributed by atoms with van der Waals surface area (Å²) in [6.07, 6.45) is 9.16. The number of carbonyl (C=O) groups excluding carboxylic acids is 2. The number of nitrogens with zero attached hydrogens (tertiary/aromatic N) is 5. The highest BCUT2D eigenvalue weighted by atomic mass is 32.1. The fourth-order valence-electron chi connectivity index (χ4n) is 3.71. The summed E-state index contributed by atoms with van der Waals surface area (Å²) in [5, 5.41) is 11.4. The van der Waals surface area contributed by atoms with Gasteiger partial charge in [0.05, 0.1) is 33.5 Å². The van der Waals surface area contributed by atoms with Crippen LogP contribution in [0.4, 0.5) is 0 Å². The second-order valence-corrected chi connectivity index (χ2v) is 8.28. The monoisotopic (exact) mass is 423 g/mol. The van der Waals surface area contributed by atoms with Crippen molar-refractivity contribution in [3.63, 3.8) is 0 Å². The van der Waals surface area contributed by atoms with E-state index >= 15 is 0 Å². The molecular weight excluding hydrogens is 402 g/mol. The van der Waals surface area contributed by atoms with Crippen LogP contribution in [-0.4, -0.2) is 47.8 Å². The van der Waals surface area contributed by atoms with Gasteiger partial charge in [-0.15, -0.1) is 11.3 Å². The Hall–Kier alpha value is -3.33. The molecule has 0 aromatic carbocycles. The number of aliphatic hydroxyl groups excluding tert-OH is 1. The van der Waals surface area contributed by atoms with Crippen molar-refractivity contribution >= 4 is 23.0 Å². The number of aliphatic hydroxyl groups is 1. The normalized spacial score (nSPS) is 16.5. The molecule has 0 fully saturated rings. The van der Waals surface area contributed by atoms with Gasteiger partial charge in [-0.3, -0.25) is 14.6 Å². The molecule has 4 rings (SSSR count). The van der Waals surface area contributed by atoms with Crippen LogP contribution in [-0.2, 0) is 11.3 Å². The molecule has 9 heteroatoms. The molecular formula is C21H21N5O3S. The van der Waals surface area contributed by atoms with Crippen molar-refractivity contribution in [3.05, 3.63) is 75.7 Å². The fraction of sp³-hybridized carbons (Fsp3) is 0.286. The Morgan fingerprint density at radius 3 is 2.70 bits per heavy atom. The SMILES string of the molecule is Cc1nc(C)c(C(=O)C2=C(O)C(=O)N(CCCn3ccnc3)[C@@H]2c2cccnc2)s1. The third kappa shape index (κ3) is 3.63. The number of hydrogen-bond donors (Lipinski definition) is 1. The van der Waals surface area contributed by atoms with Crippen LogP contribution >= 0.6 is 11.3 Å². The van der Waals surface area contributed by atoms with Crippen molar-refractivity contribution in [1.29, 1.82) is 0 Å². The summed E-state index contributed by atoms with van der Waals surface area (Å²) in [4.78, 5) is 40.8. The molecule has 0 spiro atoms. The smallest absolute Gasteiger partial charge is 0.290 e. The molecule has 0 unspecified atom stereocenters. The van der Waals surface area contributed by atoms with Gasteiger partial charge in [-0.05, 0) is 31.9 Å². The molecule has 1 amide bonds. The van der Waals surface area contributed by atoms with Gasteiger partial charge in [0, 0.05) is 37.9 Å². The lowest BCUT2D eigenvalue weighted by Crippen LogP contribution is -2.32. The molecule has 1 N–H and O–H groups in total. The number of thiazole rings is 1. The van der Waals surface area contributed by atoms with Gasteiger partial charge in [-0.1, -0.05) is 6.07 Å². The van der Waals surface area contributed by atoms with Gasteiger partial charge in [-0.25, -0.2) is 9.97 Å². The molecule has 1 aliphatic heterocycles. The number of ketones is 1. The van der Waals surface area contributed by atoms with Gasteiger partial charge in [0.15, 0.2) is 5.76 Å². The number of aromatic nitrogens is 4. The van der Waals surface area contributed by atoms with E-state index in [1.807, 2.05) is 23.8 Å². The Bertz CT molecular complexity index is 1110. The van der Waals surface area contributed by atoms with Crippen LogP contribution in [0.15, 0.2) is 54.6 Å². The van der Waals surface area contributed by atoms with Gasteiger partial charge in [0.1, 0.15) is 0 Å². The van der Waals surface area contributed by atoms with E-state index < -0.39 is 17.7 Å². The molecule has 154 valence electrons. The minimum Gasteiger partial charge on any atom is -0.503 e. The third-order valence-corrected chi connectivity index (χ3v) is 6.10. The Morgan fingerprint density at radius 2 is 2.07 bits per heavy atom. The minimum atomic E-state index is -0.691. The second kappa shape index (κ2) is 8.19. The second-order valence-electron chi connectivity index (χ2n) is 7.08. The maximum Gasteiger partial charge on any atom is 0.290 e. The van der Waals surface area contributed by atoms with Crippen LogP contribution < -0.4 is 0 Å². The molecule has 0 radical (unpaired) electrons. The Morgan fingerprint density at radius 1 is 1.23 bits per heavy atom. The first-order valence-electron chi connectivity index (χ1n) is 9.56. The number of aryl methyl sites for hydroxylation is 3.